The molecular weight excluding hydrogens is 436 g/mol. The van der Waals surface area contributed by atoms with Crippen LogP contribution >= 0.6 is 0 Å². The Morgan fingerprint density at radius 3 is 2.38 bits per heavy atom. The monoisotopic (exact) mass is 464 g/mol. The first-order valence-corrected chi connectivity index (χ1v) is 11.8. The summed E-state index contributed by atoms with van der Waals surface area (Å²) in [6, 6.07) is 15.7. The van der Waals surface area contributed by atoms with Crippen LogP contribution in [0.4, 0.5) is 4.79 Å². The van der Waals surface area contributed by atoms with Gasteiger partial charge in [-0.1, -0.05) is 48.5 Å². The average molecular weight is 465 g/mol. The molecule has 0 aromatic heterocycles. The fourth-order valence-electron chi connectivity index (χ4n) is 5.33. The summed E-state index contributed by atoms with van der Waals surface area (Å²) in [5, 5.41) is 12.1. The van der Waals surface area contributed by atoms with Gasteiger partial charge in [0.2, 0.25) is 0 Å². The Hall–Kier alpha value is -3.39. The summed E-state index contributed by atoms with van der Waals surface area (Å²) in [6.45, 7) is 1.21. The van der Waals surface area contributed by atoms with Crippen molar-refractivity contribution in [3.8, 4) is 11.1 Å². The largest absolute Gasteiger partial charge is 0.481 e. The number of carbonyl (C=O) groups is 3. The van der Waals surface area contributed by atoms with Gasteiger partial charge in [-0.2, -0.15) is 0 Å². The number of hydrogen-bond donors (Lipinski definition) is 2. The number of hydrogen-bond acceptors (Lipinski definition) is 5. The van der Waals surface area contributed by atoms with Crippen molar-refractivity contribution in [2.24, 2.45) is 5.92 Å². The second-order valence-electron chi connectivity index (χ2n) is 9.12. The molecule has 2 aromatic carbocycles. The van der Waals surface area contributed by atoms with Crippen molar-refractivity contribution in [1.29, 1.82) is 0 Å². The molecule has 0 bridgehead atoms. The molecule has 8 heteroatoms. The second kappa shape index (κ2) is 9.46. The van der Waals surface area contributed by atoms with Gasteiger partial charge < -0.3 is 24.8 Å². The highest BCUT2D eigenvalue weighted by Crippen LogP contribution is 2.44. The smallest absolute Gasteiger partial charge is 0.407 e. The van der Waals surface area contributed by atoms with Crippen molar-refractivity contribution < 1.29 is 29.0 Å². The molecular formula is C26H28N2O6. The third kappa shape index (κ3) is 4.25. The quantitative estimate of drug-likeness (QED) is 0.705. The lowest BCUT2D eigenvalue weighted by Gasteiger charge is -2.33. The van der Waals surface area contributed by atoms with E-state index in [1.54, 1.807) is 4.90 Å². The van der Waals surface area contributed by atoms with E-state index >= 15 is 0 Å². The van der Waals surface area contributed by atoms with Crippen molar-refractivity contribution in [2.75, 3.05) is 26.3 Å². The Morgan fingerprint density at radius 2 is 1.71 bits per heavy atom. The molecule has 8 nitrogen and oxygen atoms in total. The predicted molar refractivity (Wildman–Crippen MR) is 123 cm³/mol. The molecule has 2 saturated heterocycles. The number of nitrogens with one attached hydrogen (secondary N) is 1. The molecule has 2 N–H and O–H groups in total. The first-order chi connectivity index (χ1) is 16.5. The molecule has 2 aromatic rings. The van der Waals surface area contributed by atoms with Crippen LogP contribution in [0.5, 0.6) is 0 Å². The van der Waals surface area contributed by atoms with Gasteiger partial charge in [-0.3, -0.25) is 9.59 Å². The molecule has 5 rings (SSSR count). The highest BCUT2D eigenvalue weighted by molar-refractivity contribution is 5.84. The van der Waals surface area contributed by atoms with Gasteiger partial charge in [-0.05, 0) is 41.5 Å². The van der Waals surface area contributed by atoms with E-state index in [2.05, 4.69) is 29.6 Å². The van der Waals surface area contributed by atoms with Crippen molar-refractivity contribution in [3.63, 3.8) is 0 Å². The number of aliphatic carboxylic acids is 1. The first kappa shape index (κ1) is 22.4. The number of fused-ring (bicyclic) bond motifs is 3. The molecule has 2 amide bonds. The van der Waals surface area contributed by atoms with Gasteiger partial charge in [-0.15, -0.1) is 0 Å². The maximum Gasteiger partial charge on any atom is 0.407 e. The predicted octanol–water partition coefficient (Wildman–Crippen LogP) is 3.01. The number of piperidine rings is 1. The number of carbonyl (C=O) groups excluding carboxylic acids is 2. The summed E-state index contributed by atoms with van der Waals surface area (Å²) in [7, 11) is 0. The molecule has 0 spiro atoms. The lowest BCUT2D eigenvalue weighted by molar-refractivity contribution is -0.149. The molecule has 34 heavy (non-hydrogen) atoms. The average Bonchev–Trinajstić information content (AvgIpc) is 3.44. The molecule has 0 saturated carbocycles. The fraction of sp³-hybridized carbons (Fsp3) is 0.423. The van der Waals surface area contributed by atoms with Crippen LogP contribution in [0.1, 0.15) is 36.3 Å². The van der Waals surface area contributed by atoms with Crippen molar-refractivity contribution in [3.05, 3.63) is 59.7 Å². The fourth-order valence-corrected chi connectivity index (χ4v) is 5.33. The highest BCUT2D eigenvalue weighted by Gasteiger charge is 2.40. The number of likely N-dealkylation sites (tertiary alicyclic amines) is 1. The van der Waals surface area contributed by atoms with Crippen LogP contribution in [-0.2, 0) is 19.1 Å². The number of rotatable bonds is 5. The summed E-state index contributed by atoms with van der Waals surface area (Å²) < 4.78 is 11.3. The minimum absolute atomic E-state index is 0.0447. The molecule has 3 atom stereocenters. The summed E-state index contributed by atoms with van der Waals surface area (Å²) >= 11 is 0. The van der Waals surface area contributed by atoms with E-state index in [1.165, 1.54) is 0 Å². The first-order valence-electron chi connectivity index (χ1n) is 11.8. The van der Waals surface area contributed by atoms with E-state index in [9.17, 15) is 19.5 Å². The Bertz CT molecular complexity index is 1060. The number of carboxylic acid groups (broad SMARTS) is 1. The third-order valence-corrected chi connectivity index (χ3v) is 7.06. The summed E-state index contributed by atoms with van der Waals surface area (Å²) in [4.78, 5) is 38.6. The molecule has 1 aliphatic carbocycles. The molecule has 2 fully saturated rings. The maximum atomic E-state index is 13.0. The summed E-state index contributed by atoms with van der Waals surface area (Å²) in [5.74, 6) is -1.77. The van der Waals surface area contributed by atoms with Gasteiger partial charge in [0.25, 0.3) is 5.91 Å². The second-order valence-corrected chi connectivity index (χ2v) is 9.12. The molecule has 0 unspecified atom stereocenters. The van der Waals surface area contributed by atoms with Crippen LogP contribution in [0.15, 0.2) is 48.5 Å². The zero-order chi connectivity index (χ0) is 23.7. The zero-order valence-electron chi connectivity index (χ0n) is 18.8. The lowest BCUT2D eigenvalue weighted by atomic mass is 9.97. The molecule has 2 aliphatic heterocycles. The third-order valence-electron chi connectivity index (χ3n) is 7.06. The SMILES string of the molecule is O=C(N[C@@H]1CCO[C@@H]1C(=O)N1CCC[C@@H](C(=O)O)C1)OCC1c2ccccc2-c2ccccc21. The number of ether oxygens (including phenoxy) is 2. The number of carboxylic acids is 1. The van der Waals surface area contributed by atoms with Crippen LogP contribution in [0.2, 0.25) is 0 Å². The summed E-state index contributed by atoms with van der Waals surface area (Å²) in [5.41, 5.74) is 4.57. The van der Waals surface area contributed by atoms with Gasteiger partial charge in [0.05, 0.1) is 12.0 Å². The van der Waals surface area contributed by atoms with E-state index < -0.39 is 30.1 Å². The molecule has 2 heterocycles. The van der Waals surface area contributed by atoms with E-state index in [0.717, 1.165) is 22.3 Å². The molecule has 0 radical (unpaired) electrons. The maximum absolute atomic E-state index is 13.0. The molecule has 178 valence electrons. The topological polar surface area (TPSA) is 105 Å². The van der Waals surface area contributed by atoms with Crippen LogP contribution < -0.4 is 5.32 Å². The minimum atomic E-state index is -0.891. The van der Waals surface area contributed by atoms with E-state index in [-0.39, 0.29) is 25.0 Å². The van der Waals surface area contributed by atoms with Crippen LogP contribution in [-0.4, -0.2) is 66.4 Å². The van der Waals surface area contributed by atoms with Crippen molar-refractivity contribution in [1.82, 2.24) is 10.2 Å². The Kier molecular flexibility index (Phi) is 6.24. The van der Waals surface area contributed by atoms with Gasteiger partial charge >= 0.3 is 12.1 Å². The standard InChI is InChI=1S/C26H28N2O6/c29-24(28-12-5-6-16(14-28)25(30)31)23-22(11-13-33-23)27-26(32)34-15-21-19-9-3-1-7-17(19)18-8-2-4-10-20(18)21/h1-4,7-10,16,21-23H,5-6,11-15H2,(H,27,32)(H,30,31)/t16-,22-,23+/m1/s1. The Balaban J connectivity index is 1.20. The van der Waals surface area contributed by atoms with Crippen LogP contribution in [0.3, 0.4) is 0 Å². The Morgan fingerprint density at radius 1 is 1.03 bits per heavy atom. The van der Waals surface area contributed by atoms with E-state index in [1.807, 2.05) is 24.3 Å². The number of benzene rings is 2. The summed E-state index contributed by atoms with van der Waals surface area (Å²) in [6.07, 6.45) is 0.285. The Labute approximate surface area is 197 Å². The van der Waals surface area contributed by atoms with Gasteiger partial charge in [0, 0.05) is 25.6 Å². The normalized spacial score (nSPS) is 23.8. The number of alkyl carbamates (subject to hydrolysis) is 1. The lowest BCUT2D eigenvalue weighted by Crippen LogP contribution is -2.52. The van der Waals surface area contributed by atoms with Gasteiger partial charge in [0.15, 0.2) is 6.10 Å². The van der Waals surface area contributed by atoms with Gasteiger partial charge in [-0.25, -0.2) is 4.79 Å². The van der Waals surface area contributed by atoms with Crippen LogP contribution in [0.25, 0.3) is 11.1 Å². The number of amides is 2. The highest BCUT2D eigenvalue weighted by atomic mass is 16.6. The van der Waals surface area contributed by atoms with E-state index in [4.69, 9.17) is 9.47 Å². The zero-order valence-corrected chi connectivity index (χ0v) is 18.8. The molecule has 3 aliphatic rings. The minimum Gasteiger partial charge on any atom is -0.481 e. The van der Waals surface area contributed by atoms with E-state index in [0.29, 0.717) is 32.4 Å². The van der Waals surface area contributed by atoms with Crippen LogP contribution in [0, 0.1) is 5.92 Å². The van der Waals surface area contributed by atoms with Crippen molar-refractivity contribution >= 4 is 18.0 Å². The van der Waals surface area contributed by atoms with Crippen molar-refractivity contribution in [2.45, 2.75) is 37.3 Å². The van der Waals surface area contributed by atoms with Gasteiger partial charge in [0.1, 0.15) is 6.61 Å². The number of nitrogens with zero attached hydrogens (tertiary/aromatic N) is 1.